The Morgan fingerprint density at radius 3 is 2.62 bits per heavy atom. The van der Waals surface area contributed by atoms with E-state index in [1.165, 1.54) is 6.26 Å². The van der Waals surface area contributed by atoms with E-state index in [0.717, 1.165) is 36.9 Å². The van der Waals surface area contributed by atoms with Gasteiger partial charge in [0.2, 0.25) is 0 Å². The molecule has 4 nitrogen and oxygen atoms in total. The Balaban J connectivity index is 2.61. The molecule has 0 fully saturated rings. The third kappa shape index (κ3) is 2.04. The van der Waals surface area contributed by atoms with E-state index >= 15 is 0 Å². The molecule has 0 radical (unpaired) electrons. The smallest absolute Gasteiger partial charge is 0.179 e. The highest BCUT2D eigenvalue weighted by Gasteiger charge is 2.19. The van der Waals surface area contributed by atoms with Gasteiger partial charge in [0.1, 0.15) is 10.7 Å². The maximum Gasteiger partial charge on any atom is 0.179 e. The molecular weight excluding hydrogens is 224 g/mol. The Kier molecular flexibility index (Phi) is 2.88. The topological polar surface area (TPSA) is 59.1 Å². The van der Waals surface area contributed by atoms with Crippen molar-refractivity contribution >= 4 is 15.7 Å². The average molecular weight is 240 g/mol. The molecule has 16 heavy (non-hydrogen) atoms. The lowest BCUT2D eigenvalue weighted by Crippen LogP contribution is -2.12. The largest absolute Gasteiger partial charge is 0.372 e. The molecule has 1 aromatic heterocycles. The van der Waals surface area contributed by atoms with Crippen molar-refractivity contribution < 1.29 is 8.42 Å². The normalized spacial score (nSPS) is 15.6. The zero-order chi connectivity index (χ0) is 11.8. The van der Waals surface area contributed by atoms with Gasteiger partial charge in [-0.3, -0.25) is 0 Å². The Morgan fingerprint density at radius 1 is 1.31 bits per heavy atom. The maximum absolute atomic E-state index is 11.6. The van der Waals surface area contributed by atoms with Gasteiger partial charge in [-0.2, -0.15) is 0 Å². The number of pyridine rings is 1. The molecule has 0 spiro atoms. The summed E-state index contributed by atoms with van der Waals surface area (Å²) in [7, 11) is -1.50. The molecule has 2 rings (SSSR count). The van der Waals surface area contributed by atoms with Crippen molar-refractivity contribution in [2.45, 2.75) is 30.6 Å². The minimum Gasteiger partial charge on any atom is -0.372 e. The lowest BCUT2D eigenvalue weighted by Gasteiger charge is -2.17. The van der Waals surface area contributed by atoms with Crippen LogP contribution in [-0.2, 0) is 22.7 Å². The molecule has 88 valence electrons. The van der Waals surface area contributed by atoms with E-state index in [-0.39, 0.29) is 0 Å². The van der Waals surface area contributed by atoms with Crippen LogP contribution in [0.3, 0.4) is 0 Å². The number of nitrogens with zero attached hydrogens (tertiary/aromatic N) is 1. The molecule has 0 bridgehead atoms. The molecule has 0 aromatic carbocycles. The third-order valence-electron chi connectivity index (χ3n) is 2.90. The highest BCUT2D eigenvalue weighted by Crippen LogP contribution is 2.27. The second kappa shape index (κ2) is 4.05. The summed E-state index contributed by atoms with van der Waals surface area (Å²) in [4.78, 5) is 4.72. The second-order valence-electron chi connectivity index (χ2n) is 4.17. The molecule has 0 saturated heterocycles. The predicted molar refractivity (Wildman–Crippen MR) is 63.5 cm³/mol. The molecule has 0 unspecified atom stereocenters. The first-order chi connectivity index (χ1) is 7.52. The fraction of sp³-hybridized carbons (Fsp3) is 0.545. The summed E-state index contributed by atoms with van der Waals surface area (Å²) in [5.41, 5.74) is 2.13. The molecule has 1 aliphatic carbocycles. The molecular formula is C11H16N2O2S. The number of sulfone groups is 1. The lowest BCUT2D eigenvalue weighted by molar-refractivity contribution is 0.600. The van der Waals surface area contributed by atoms with Crippen LogP contribution in [0.4, 0.5) is 5.82 Å². The molecule has 0 saturated carbocycles. The molecule has 0 amide bonds. The van der Waals surface area contributed by atoms with Gasteiger partial charge in [-0.05, 0) is 37.3 Å². The summed E-state index contributed by atoms with van der Waals surface area (Å²) in [5, 5.41) is 2.86. The van der Waals surface area contributed by atoms with E-state index in [1.807, 2.05) is 0 Å². The summed E-state index contributed by atoms with van der Waals surface area (Å²) in [5.74, 6) is 0.475. The van der Waals surface area contributed by atoms with Crippen molar-refractivity contribution in [3.8, 4) is 0 Å². The van der Waals surface area contributed by atoms with Crippen molar-refractivity contribution in [3.05, 3.63) is 17.3 Å². The van der Waals surface area contributed by atoms with Gasteiger partial charge in [-0.15, -0.1) is 0 Å². The Bertz CT molecular complexity index is 509. The molecule has 0 atom stereocenters. The minimum atomic E-state index is -3.20. The van der Waals surface area contributed by atoms with Crippen molar-refractivity contribution in [1.29, 1.82) is 0 Å². The Labute approximate surface area is 96.0 Å². The average Bonchev–Trinajstić information content (AvgIpc) is 2.26. The van der Waals surface area contributed by atoms with E-state index in [4.69, 9.17) is 0 Å². The fourth-order valence-electron chi connectivity index (χ4n) is 2.07. The second-order valence-corrected chi connectivity index (χ2v) is 6.15. The number of nitrogens with one attached hydrogen (secondary N) is 1. The van der Waals surface area contributed by atoms with Crippen molar-refractivity contribution in [2.75, 3.05) is 18.6 Å². The SMILES string of the molecule is CNc1nc2c(cc1S(C)(=O)=O)CCCC2. The van der Waals surface area contributed by atoms with Crippen molar-refractivity contribution in [2.24, 2.45) is 0 Å². The standard InChI is InChI=1S/C11H16N2O2S/c1-12-11-10(16(2,14)15)7-8-5-3-4-6-9(8)13-11/h7H,3-6H2,1-2H3,(H,12,13). The summed E-state index contributed by atoms with van der Waals surface area (Å²) in [6.07, 6.45) is 5.38. The van der Waals surface area contributed by atoms with Crippen molar-refractivity contribution in [1.82, 2.24) is 4.98 Å². The van der Waals surface area contributed by atoms with Crippen LogP contribution in [0.5, 0.6) is 0 Å². The van der Waals surface area contributed by atoms with Crippen LogP contribution in [0.2, 0.25) is 0 Å². The van der Waals surface area contributed by atoms with Crippen LogP contribution in [0.1, 0.15) is 24.1 Å². The van der Waals surface area contributed by atoms with Gasteiger partial charge in [0, 0.05) is 19.0 Å². The number of hydrogen-bond acceptors (Lipinski definition) is 4. The Morgan fingerprint density at radius 2 is 2.00 bits per heavy atom. The highest BCUT2D eigenvalue weighted by atomic mass is 32.2. The number of anilines is 1. The molecule has 1 N–H and O–H groups in total. The number of rotatable bonds is 2. The fourth-order valence-corrected chi connectivity index (χ4v) is 2.93. The van der Waals surface area contributed by atoms with Gasteiger partial charge in [-0.25, -0.2) is 13.4 Å². The molecule has 1 aromatic rings. The highest BCUT2D eigenvalue weighted by molar-refractivity contribution is 7.90. The van der Waals surface area contributed by atoms with Crippen LogP contribution >= 0.6 is 0 Å². The quantitative estimate of drug-likeness (QED) is 0.849. The van der Waals surface area contributed by atoms with E-state index in [2.05, 4.69) is 10.3 Å². The summed E-state index contributed by atoms with van der Waals surface area (Å²) in [6.45, 7) is 0. The summed E-state index contributed by atoms with van der Waals surface area (Å²) >= 11 is 0. The van der Waals surface area contributed by atoms with E-state index in [0.29, 0.717) is 10.7 Å². The van der Waals surface area contributed by atoms with E-state index in [1.54, 1.807) is 13.1 Å². The van der Waals surface area contributed by atoms with Crippen LogP contribution in [0.15, 0.2) is 11.0 Å². The van der Waals surface area contributed by atoms with E-state index in [9.17, 15) is 8.42 Å². The number of hydrogen-bond donors (Lipinski definition) is 1. The lowest BCUT2D eigenvalue weighted by atomic mass is 9.96. The van der Waals surface area contributed by atoms with Crippen LogP contribution < -0.4 is 5.32 Å². The van der Waals surface area contributed by atoms with Crippen LogP contribution in [0, 0.1) is 0 Å². The summed E-state index contributed by atoms with van der Waals surface area (Å²) < 4.78 is 23.2. The number of aromatic nitrogens is 1. The van der Waals surface area contributed by atoms with Gasteiger partial charge >= 0.3 is 0 Å². The predicted octanol–water partition coefficient (Wildman–Crippen LogP) is 1.41. The number of aryl methyl sites for hydroxylation is 2. The van der Waals surface area contributed by atoms with Gasteiger partial charge in [0.25, 0.3) is 0 Å². The Hall–Kier alpha value is -1.10. The van der Waals surface area contributed by atoms with Gasteiger partial charge < -0.3 is 5.32 Å². The maximum atomic E-state index is 11.6. The monoisotopic (exact) mass is 240 g/mol. The van der Waals surface area contributed by atoms with Gasteiger partial charge in [0.15, 0.2) is 9.84 Å². The van der Waals surface area contributed by atoms with E-state index < -0.39 is 9.84 Å². The first kappa shape index (κ1) is 11.4. The molecule has 0 aliphatic heterocycles. The van der Waals surface area contributed by atoms with Crippen molar-refractivity contribution in [3.63, 3.8) is 0 Å². The zero-order valence-electron chi connectivity index (χ0n) is 9.58. The van der Waals surface area contributed by atoms with Gasteiger partial charge in [-0.1, -0.05) is 0 Å². The molecule has 1 aliphatic rings. The first-order valence-corrected chi connectivity index (χ1v) is 7.32. The van der Waals surface area contributed by atoms with Crippen LogP contribution in [0.25, 0.3) is 0 Å². The summed E-state index contributed by atoms with van der Waals surface area (Å²) in [6, 6.07) is 1.78. The van der Waals surface area contributed by atoms with Crippen LogP contribution in [-0.4, -0.2) is 26.7 Å². The zero-order valence-corrected chi connectivity index (χ0v) is 10.4. The third-order valence-corrected chi connectivity index (χ3v) is 4.01. The molecule has 1 heterocycles. The molecule has 5 heteroatoms. The first-order valence-electron chi connectivity index (χ1n) is 5.43. The minimum absolute atomic E-state index is 0.315. The number of fused-ring (bicyclic) bond motifs is 1. The van der Waals surface area contributed by atoms with Gasteiger partial charge in [0.05, 0.1) is 0 Å².